The molecule has 1 aromatic rings. The second kappa shape index (κ2) is 13.0. The van der Waals surface area contributed by atoms with Crippen LogP contribution in [0.3, 0.4) is 0 Å². The number of carbonyl (C=O) groups is 2. The van der Waals surface area contributed by atoms with E-state index in [0.717, 1.165) is 44.3 Å². The Morgan fingerprint density at radius 1 is 0.719 bits per heavy atom. The zero-order chi connectivity index (χ0) is 22.8. The van der Waals surface area contributed by atoms with Crippen LogP contribution in [0.15, 0.2) is 30.3 Å². The van der Waals surface area contributed by atoms with Gasteiger partial charge in [-0.2, -0.15) is 0 Å². The zero-order valence-corrected chi connectivity index (χ0v) is 20.3. The number of rotatable bonds is 10. The summed E-state index contributed by atoms with van der Waals surface area (Å²) in [5.41, 5.74) is 1.15. The lowest BCUT2D eigenvalue weighted by atomic mass is 9.94. The van der Waals surface area contributed by atoms with Crippen LogP contribution in [0.4, 0.5) is 0 Å². The summed E-state index contributed by atoms with van der Waals surface area (Å²) in [5, 5.41) is 0. The highest BCUT2D eigenvalue weighted by molar-refractivity contribution is 5.81. The molecule has 32 heavy (non-hydrogen) atoms. The van der Waals surface area contributed by atoms with Gasteiger partial charge >= 0.3 is 0 Å². The zero-order valence-electron chi connectivity index (χ0n) is 20.3. The van der Waals surface area contributed by atoms with Gasteiger partial charge in [-0.1, -0.05) is 68.9 Å². The summed E-state index contributed by atoms with van der Waals surface area (Å²) in [6, 6.07) is 11.0. The second-order valence-electron chi connectivity index (χ2n) is 9.57. The number of hydrogen-bond donors (Lipinski definition) is 0. The number of amides is 2. The molecule has 0 radical (unpaired) electrons. The quantitative estimate of drug-likeness (QED) is 0.521. The van der Waals surface area contributed by atoms with Crippen LogP contribution < -0.4 is 0 Å². The smallest absolute Gasteiger partial charge is 0.237 e. The van der Waals surface area contributed by atoms with Crippen molar-refractivity contribution in [2.24, 2.45) is 0 Å². The fourth-order valence-electron chi connectivity index (χ4n) is 5.64. The first-order valence-electron chi connectivity index (χ1n) is 13.0. The van der Waals surface area contributed by atoms with E-state index < -0.39 is 0 Å². The Kier molecular flexibility index (Phi) is 10.0. The molecule has 0 saturated heterocycles. The molecule has 5 heteroatoms. The van der Waals surface area contributed by atoms with Gasteiger partial charge in [-0.15, -0.1) is 0 Å². The lowest BCUT2D eigenvalue weighted by Crippen LogP contribution is -2.50. The molecule has 3 rings (SSSR count). The van der Waals surface area contributed by atoms with Crippen molar-refractivity contribution in [2.75, 3.05) is 26.2 Å². The molecule has 1 aromatic carbocycles. The van der Waals surface area contributed by atoms with Crippen LogP contribution in [0.25, 0.3) is 0 Å². The van der Waals surface area contributed by atoms with Gasteiger partial charge in [0.15, 0.2) is 0 Å². The van der Waals surface area contributed by atoms with Crippen molar-refractivity contribution in [2.45, 2.75) is 96.7 Å². The highest BCUT2D eigenvalue weighted by atomic mass is 16.2. The molecule has 2 amide bonds. The Labute approximate surface area is 195 Å². The van der Waals surface area contributed by atoms with E-state index in [1.807, 2.05) is 18.2 Å². The van der Waals surface area contributed by atoms with Crippen LogP contribution >= 0.6 is 0 Å². The molecule has 2 fully saturated rings. The lowest BCUT2D eigenvalue weighted by Gasteiger charge is -2.37. The predicted octanol–water partition coefficient (Wildman–Crippen LogP) is 4.85. The molecule has 2 aliphatic rings. The fraction of sp³-hybridized carbons (Fsp3) is 0.704. The largest absolute Gasteiger partial charge is 0.339 e. The van der Waals surface area contributed by atoms with E-state index in [9.17, 15) is 9.59 Å². The Balaban J connectivity index is 1.69. The normalized spacial score (nSPS) is 18.0. The summed E-state index contributed by atoms with van der Waals surface area (Å²) < 4.78 is 0. The Morgan fingerprint density at radius 2 is 1.16 bits per heavy atom. The Morgan fingerprint density at radius 3 is 1.56 bits per heavy atom. The Hall–Kier alpha value is -1.88. The van der Waals surface area contributed by atoms with Crippen molar-refractivity contribution < 1.29 is 9.59 Å². The number of likely N-dealkylation sites (N-methyl/N-ethyl adjacent to an activating group) is 2. The maximum Gasteiger partial charge on any atom is 0.237 e. The average Bonchev–Trinajstić information content (AvgIpc) is 2.82. The van der Waals surface area contributed by atoms with Gasteiger partial charge in [0.05, 0.1) is 13.1 Å². The van der Waals surface area contributed by atoms with E-state index in [1.165, 1.54) is 38.5 Å². The molecule has 2 aliphatic carbocycles. The first-order valence-corrected chi connectivity index (χ1v) is 13.0. The fourth-order valence-corrected chi connectivity index (χ4v) is 5.64. The second-order valence-corrected chi connectivity index (χ2v) is 9.57. The SMILES string of the molecule is CCN(C(=O)CN(CC(=O)N(CC)C1CCCCC1)Cc1ccccc1)C1CCCCC1. The van der Waals surface area contributed by atoms with E-state index >= 15 is 0 Å². The molecular formula is C27H43N3O2. The minimum atomic E-state index is 0.170. The van der Waals surface area contributed by atoms with E-state index in [2.05, 4.69) is 40.7 Å². The molecule has 2 saturated carbocycles. The summed E-state index contributed by atoms with van der Waals surface area (Å²) in [7, 11) is 0. The van der Waals surface area contributed by atoms with Gasteiger partial charge < -0.3 is 9.80 Å². The van der Waals surface area contributed by atoms with Crippen LogP contribution in [-0.2, 0) is 16.1 Å². The topological polar surface area (TPSA) is 43.9 Å². The molecule has 0 aromatic heterocycles. The van der Waals surface area contributed by atoms with Crippen LogP contribution in [0.5, 0.6) is 0 Å². The van der Waals surface area contributed by atoms with Crippen LogP contribution in [0, 0.1) is 0 Å². The van der Waals surface area contributed by atoms with Gasteiger partial charge in [-0.3, -0.25) is 14.5 Å². The molecule has 178 valence electrons. The standard InChI is InChI=1S/C27H43N3O2/c1-3-29(24-16-10-6-11-17-24)26(31)21-28(20-23-14-8-5-9-15-23)22-27(32)30(4-2)25-18-12-7-13-19-25/h5,8-9,14-15,24-25H,3-4,6-7,10-13,16-22H2,1-2H3. The number of benzene rings is 1. The van der Waals surface area contributed by atoms with Gasteiger partial charge in [-0.05, 0) is 45.1 Å². The van der Waals surface area contributed by atoms with Gasteiger partial charge in [0.2, 0.25) is 11.8 Å². The Bertz CT molecular complexity index is 656. The average molecular weight is 442 g/mol. The molecular weight excluding hydrogens is 398 g/mol. The highest BCUT2D eigenvalue weighted by Crippen LogP contribution is 2.24. The highest BCUT2D eigenvalue weighted by Gasteiger charge is 2.29. The monoisotopic (exact) mass is 441 g/mol. The van der Waals surface area contributed by atoms with Crippen LogP contribution in [-0.4, -0.2) is 64.8 Å². The van der Waals surface area contributed by atoms with Crippen molar-refractivity contribution in [1.29, 1.82) is 0 Å². The molecule has 0 unspecified atom stereocenters. The summed E-state index contributed by atoms with van der Waals surface area (Å²) in [6.07, 6.45) is 11.9. The van der Waals surface area contributed by atoms with Crippen molar-refractivity contribution in [3.8, 4) is 0 Å². The molecule has 0 bridgehead atoms. The van der Waals surface area contributed by atoms with E-state index in [0.29, 0.717) is 31.7 Å². The third-order valence-corrected chi connectivity index (χ3v) is 7.32. The summed E-state index contributed by atoms with van der Waals surface area (Å²) in [5.74, 6) is 0.340. The summed E-state index contributed by atoms with van der Waals surface area (Å²) >= 11 is 0. The van der Waals surface area contributed by atoms with E-state index in [1.54, 1.807) is 0 Å². The summed E-state index contributed by atoms with van der Waals surface area (Å²) in [4.78, 5) is 32.9. The van der Waals surface area contributed by atoms with Crippen molar-refractivity contribution >= 4 is 11.8 Å². The molecule has 0 N–H and O–H groups in total. The van der Waals surface area contributed by atoms with E-state index in [-0.39, 0.29) is 11.8 Å². The van der Waals surface area contributed by atoms with Crippen molar-refractivity contribution in [3.63, 3.8) is 0 Å². The third kappa shape index (κ3) is 7.06. The first-order chi connectivity index (χ1) is 15.6. The van der Waals surface area contributed by atoms with Gasteiger partial charge in [0.1, 0.15) is 0 Å². The molecule has 0 aliphatic heterocycles. The molecule has 0 spiro atoms. The first kappa shape index (κ1) is 24.8. The lowest BCUT2D eigenvalue weighted by molar-refractivity contribution is -0.138. The number of nitrogens with zero attached hydrogens (tertiary/aromatic N) is 3. The summed E-state index contributed by atoms with van der Waals surface area (Å²) in [6.45, 7) is 6.92. The van der Waals surface area contributed by atoms with Crippen molar-refractivity contribution in [1.82, 2.24) is 14.7 Å². The third-order valence-electron chi connectivity index (χ3n) is 7.32. The van der Waals surface area contributed by atoms with Gasteiger partial charge in [0, 0.05) is 31.7 Å². The predicted molar refractivity (Wildman–Crippen MR) is 130 cm³/mol. The maximum atomic E-state index is 13.4. The number of carbonyl (C=O) groups excluding carboxylic acids is 2. The van der Waals surface area contributed by atoms with Crippen LogP contribution in [0.1, 0.15) is 83.6 Å². The number of hydrogen-bond acceptors (Lipinski definition) is 3. The minimum absolute atomic E-state index is 0.170. The minimum Gasteiger partial charge on any atom is -0.339 e. The van der Waals surface area contributed by atoms with Crippen LogP contribution in [0.2, 0.25) is 0 Å². The molecule has 0 heterocycles. The molecule has 0 atom stereocenters. The van der Waals surface area contributed by atoms with Gasteiger partial charge in [-0.25, -0.2) is 0 Å². The van der Waals surface area contributed by atoms with Crippen molar-refractivity contribution in [3.05, 3.63) is 35.9 Å². The maximum absolute atomic E-state index is 13.4. The molecule has 5 nitrogen and oxygen atoms in total. The van der Waals surface area contributed by atoms with E-state index in [4.69, 9.17) is 0 Å². The van der Waals surface area contributed by atoms with Gasteiger partial charge in [0.25, 0.3) is 0 Å².